The van der Waals surface area contributed by atoms with Crippen LogP contribution in [0.3, 0.4) is 0 Å². The third-order valence-corrected chi connectivity index (χ3v) is 5.58. The molecule has 1 heterocycles. The number of thioether (sulfide) groups is 1. The van der Waals surface area contributed by atoms with E-state index in [9.17, 15) is 4.79 Å². The first-order valence-electron chi connectivity index (χ1n) is 7.77. The number of aromatic nitrogens is 1. The summed E-state index contributed by atoms with van der Waals surface area (Å²) in [4.78, 5) is 17.5. The molecule has 128 valence electrons. The number of nitrogens with zero attached hydrogens (tertiary/aromatic N) is 1. The first-order valence-corrected chi connectivity index (χ1v) is 10.0. The van der Waals surface area contributed by atoms with Crippen molar-refractivity contribution in [1.29, 1.82) is 0 Å². The van der Waals surface area contributed by atoms with Crippen LogP contribution in [0.15, 0.2) is 58.8 Å². The second kappa shape index (κ2) is 8.52. The topological polar surface area (TPSA) is 42.0 Å². The van der Waals surface area contributed by atoms with Crippen molar-refractivity contribution in [2.75, 3.05) is 5.75 Å². The van der Waals surface area contributed by atoms with Gasteiger partial charge in [-0.1, -0.05) is 35.9 Å². The van der Waals surface area contributed by atoms with Gasteiger partial charge in [0.1, 0.15) is 0 Å². The normalized spacial score (nSPS) is 10.6. The van der Waals surface area contributed by atoms with Gasteiger partial charge in [-0.2, -0.15) is 0 Å². The molecule has 6 heteroatoms. The predicted octanol–water partition coefficient (Wildman–Crippen LogP) is 5.18. The lowest BCUT2D eigenvalue weighted by atomic mass is 10.1. The van der Waals surface area contributed by atoms with E-state index in [1.54, 1.807) is 11.3 Å². The number of carbonyl (C=O) groups is 1. The van der Waals surface area contributed by atoms with E-state index >= 15 is 0 Å². The molecule has 0 saturated carbocycles. The molecule has 1 N–H and O–H groups in total. The van der Waals surface area contributed by atoms with Crippen molar-refractivity contribution in [3.63, 3.8) is 0 Å². The van der Waals surface area contributed by atoms with E-state index in [2.05, 4.69) is 15.7 Å². The number of rotatable bonds is 6. The van der Waals surface area contributed by atoms with Crippen LogP contribution in [0.25, 0.3) is 11.3 Å². The largest absolute Gasteiger partial charge is 0.351 e. The van der Waals surface area contributed by atoms with Gasteiger partial charge in [0.2, 0.25) is 5.91 Å². The highest BCUT2D eigenvalue weighted by Gasteiger charge is 2.05. The number of benzene rings is 2. The molecule has 1 aromatic heterocycles. The van der Waals surface area contributed by atoms with Crippen molar-refractivity contribution in [3.8, 4) is 11.3 Å². The molecule has 2 aromatic carbocycles. The average molecular weight is 389 g/mol. The number of halogens is 1. The smallest absolute Gasteiger partial charge is 0.230 e. The second-order valence-corrected chi connectivity index (χ2v) is 8.02. The summed E-state index contributed by atoms with van der Waals surface area (Å²) in [7, 11) is 0. The van der Waals surface area contributed by atoms with Crippen molar-refractivity contribution < 1.29 is 4.79 Å². The Kier molecular flexibility index (Phi) is 6.13. The Morgan fingerprint density at radius 2 is 1.88 bits per heavy atom. The van der Waals surface area contributed by atoms with E-state index in [0.29, 0.717) is 17.3 Å². The minimum Gasteiger partial charge on any atom is -0.351 e. The maximum atomic E-state index is 12.0. The molecule has 0 aliphatic heterocycles. The van der Waals surface area contributed by atoms with Crippen LogP contribution in [0.5, 0.6) is 0 Å². The summed E-state index contributed by atoms with van der Waals surface area (Å²) in [5.41, 5.74) is 3.16. The molecule has 3 aromatic rings. The number of hydrogen-bond donors (Lipinski definition) is 1. The molecule has 0 unspecified atom stereocenters. The van der Waals surface area contributed by atoms with Gasteiger partial charge in [0, 0.05) is 27.4 Å². The van der Waals surface area contributed by atoms with Gasteiger partial charge >= 0.3 is 0 Å². The van der Waals surface area contributed by atoms with Crippen LogP contribution in [0.2, 0.25) is 5.02 Å². The van der Waals surface area contributed by atoms with Crippen LogP contribution in [-0.4, -0.2) is 16.6 Å². The van der Waals surface area contributed by atoms with E-state index in [1.807, 2.05) is 55.5 Å². The van der Waals surface area contributed by atoms with E-state index < -0.39 is 0 Å². The quantitative estimate of drug-likeness (QED) is 0.591. The monoisotopic (exact) mass is 388 g/mol. The average Bonchev–Trinajstić information content (AvgIpc) is 3.06. The summed E-state index contributed by atoms with van der Waals surface area (Å²) < 4.78 is 0. The SMILES string of the molecule is Cc1nc(-c2ccc(CNC(=O)CSc3ccc(Cl)cc3)cc2)cs1. The molecule has 1 amide bonds. The van der Waals surface area contributed by atoms with Gasteiger partial charge in [-0.15, -0.1) is 23.1 Å². The summed E-state index contributed by atoms with van der Waals surface area (Å²) in [6.45, 7) is 2.52. The highest BCUT2D eigenvalue weighted by molar-refractivity contribution is 8.00. The van der Waals surface area contributed by atoms with Crippen molar-refractivity contribution in [2.45, 2.75) is 18.4 Å². The molecule has 25 heavy (non-hydrogen) atoms. The molecule has 0 radical (unpaired) electrons. The van der Waals surface area contributed by atoms with Crippen LogP contribution in [0, 0.1) is 6.92 Å². The zero-order valence-electron chi connectivity index (χ0n) is 13.7. The lowest BCUT2D eigenvalue weighted by Gasteiger charge is -2.06. The molecule has 3 nitrogen and oxygen atoms in total. The van der Waals surface area contributed by atoms with Gasteiger partial charge in [0.25, 0.3) is 0 Å². The number of amides is 1. The lowest BCUT2D eigenvalue weighted by molar-refractivity contribution is -0.118. The molecule has 0 spiro atoms. The zero-order chi connectivity index (χ0) is 17.6. The predicted molar refractivity (Wildman–Crippen MR) is 106 cm³/mol. The molecule has 0 aliphatic rings. The number of hydrogen-bond acceptors (Lipinski definition) is 4. The Labute approximate surface area is 160 Å². The fraction of sp³-hybridized carbons (Fsp3) is 0.158. The molecule has 3 rings (SSSR count). The molecule has 0 atom stereocenters. The van der Waals surface area contributed by atoms with Gasteiger partial charge in [-0.3, -0.25) is 4.79 Å². The van der Waals surface area contributed by atoms with Crippen molar-refractivity contribution in [2.24, 2.45) is 0 Å². The first-order chi connectivity index (χ1) is 12.1. The molecule has 0 fully saturated rings. The zero-order valence-corrected chi connectivity index (χ0v) is 16.0. The highest BCUT2D eigenvalue weighted by atomic mass is 35.5. The first kappa shape index (κ1) is 18.0. The molecule has 0 bridgehead atoms. The Balaban J connectivity index is 1.47. The summed E-state index contributed by atoms with van der Waals surface area (Å²) in [6, 6.07) is 15.6. The maximum Gasteiger partial charge on any atom is 0.230 e. The number of thiazole rings is 1. The van der Waals surface area contributed by atoms with E-state index in [4.69, 9.17) is 11.6 Å². The van der Waals surface area contributed by atoms with Crippen LogP contribution >= 0.6 is 34.7 Å². The van der Waals surface area contributed by atoms with Crippen LogP contribution in [-0.2, 0) is 11.3 Å². The highest BCUT2D eigenvalue weighted by Crippen LogP contribution is 2.22. The van der Waals surface area contributed by atoms with Crippen LogP contribution in [0.4, 0.5) is 0 Å². The van der Waals surface area contributed by atoms with Crippen molar-refractivity contribution >= 4 is 40.6 Å². The summed E-state index contributed by atoms with van der Waals surface area (Å²) in [5, 5.41) is 6.76. The van der Waals surface area contributed by atoms with E-state index in [1.165, 1.54) is 11.8 Å². The lowest BCUT2D eigenvalue weighted by Crippen LogP contribution is -2.24. The third kappa shape index (κ3) is 5.33. The van der Waals surface area contributed by atoms with E-state index in [0.717, 1.165) is 26.7 Å². The number of aryl methyl sites for hydroxylation is 1. The summed E-state index contributed by atoms with van der Waals surface area (Å²) in [6.07, 6.45) is 0. The standard InChI is InChI=1S/C19H17ClN2OS2/c1-13-22-18(11-24-13)15-4-2-14(3-5-15)10-21-19(23)12-25-17-8-6-16(20)7-9-17/h2-9,11H,10,12H2,1H3,(H,21,23). The summed E-state index contributed by atoms with van der Waals surface area (Å²) >= 11 is 8.99. The van der Waals surface area contributed by atoms with Gasteiger partial charge < -0.3 is 5.32 Å². The maximum absolute atomic E-state index is 12.0. The molecular formula is C19H17ClN2OS2. The van der Waals surface area contributed by atoms with Crippen molar-refractivity contribution in [3.05, 3.63) is 69.5 Å². The number of nitrogens with one attached hydrogen (secondary N) is 1. The fourth-order valence-electron chi connectivity index (χ4n) is 2.22. The number of carbonyl (C=O) groups excluding carboxylic acids is 1. The third-order valence-electron chi connectivity index (χ3n) is 3.54. The Morgan fingerprint density at radius 1 is 1.16 bits per heavy atom. The van der Waals surface area contributed by atoms with Crippen molar-refractivity contribution in [1.82, 2.24) is 10.3 Å². The Hall–Kier alpha value is -1.82. The Bertz CT molecular complexity index is 845. The van der Waals surface area contributed by atoms with E-state index in [-0.39, 0.29) is 5.91 Å². The van der Waals surface area contributed by atoms with Gasteiger partial charge in [-0.25, -0.2) is 4.98 Å². The fourth-order valence-corrected chi connectivity index (χ4v) is 3.70. The molecule has 0 saturated heterocycles. The van der Waals surface area contributed by atoms with Gasteiger partial charge in [-0.05, 0) is 36.8 Å². The Morgan fingerprint density at radius 3 is 2.52 bits per heavy atom. The minimum atomic E-state index is 0.0131. The molecule has 0 aliphatic carbocycles. The van der Waals surface area contributed by atoms with Crippen LogP contribution < -0.4 is 5.32 Å². The van der Waals surface area contributed by atoms with Gasteiger partial charge in [0.15, 0.2) is 0 Å². The second-order valence-electron chi connectivity index (χ2n) is 5.47. The molecular weight excluding hydrogens is 372 g/mol. The van der Waals surface area contributed by atoms with Gasteiger partial charge in [0.05, 0.1) is 16.5 Å². The minimum absolute atomic E-state index is 0.0131. The van der Waals surface area contributed by atoms with Crippen LogP contribution in [0.1, 0.15) is 10.6 Å². The summed E-state index contributed by atoms with van der Waals surface area (Å²) in [5.74, 6) is 0.400.